The second kappa shape index (κ2) is 8.99. The number of thiophene rings is 1. The van der Waals surface area contributed by atoms with Crippen molar-refractivity contribution in [2.24, 2.45) is 5.73 Å². The van der Waals surface area contributed by atoms with Gasteiger partial charge in [-0.2, -0.15) is 0 Å². The first-order chi connectivity index (χ1) is 10.1. The molecule has 1 aliphatic carbocycles. The van der Waals surface area contributed by atoms with E-state index in [0.717, 1.165) is 46.1 Å². The van der Waals surface area contributed by atoms with E-state index in [1.54, 1.807) is 11.3 Å². The van der Waals surface area contributed by atoms with E-state index in [2.05, 4.69) is 10.3 Å². The second-order valence-electron chi connectivity index (χ2n) is 5.50. The van der Waals surface area contributed by atoms with Crippen LogP contribution in [-0.4, -0.2) is 23.0 Å². The van der Waals surface area contributed by atoms with Gasteiger partial charge in [-0.1, -0.05) is 6.07 Å². The average Bonchev–Trinajstić information content (AvgIpc) is 3.10. The Kier molecular flexibility index (Phi) is 7.97. The van der Waals surface area contributed by atoms with Gasteiger partial charge in [0.25, 0.3) is 5.91 Å². The zero-order valence-electron chi connectivity index (χ0n) is 12.8. The van der Waals surface area contributed by atoms with E-state index >= 15 is 0 Å². The lowest BCUT2D eigenvalue weighted by Gasteiger charge is -2.26. The Balaban J connectivity index is 0.00000132. The highest BCUT2D eigenvalue weighted by atomic mass is 35.5. The molecular weight excluding hydrogens is 373 g/mol. The molecule has 128 valence electrons. The molecule has 8 heteroatoms. The van der Waals surface area contributed by atoms with Crippen LogP contribution in [0.25, 0.3) is 9.88 Å². The van der Waals surface area contributed by atoms with Crippen LogP contribution in [0.15, 0.2) is 17.5 Å². The summed E-state index contributed by atoms with van der Waals surface area (Å²) in [5.74, 6) is 0.00766. The highest BCUT2D eigenvalue weighted by molar-refractivity contribution is 7.22. The number of amides is 1. The number of aryl methyl sites for hydroxylation is 1. The average molecular weight is 394 g/mol. The summed E-state index contributed by atoms with van der Waals surface area (Å²) in [6.07, 6.45) is 3.94. The molecule has 1 saturated carbocycles. The Bertz CT molecular complexity index is 623. The maximum absolute atomic E-state index is 12.4. The Labute approximate surface area is 156 Å². The van der Waals surface area contributed by atoms with Gasteiger partial charge in [-0.15, -0.1) is 47.5 Å². The first-order valence-corrected chi connectivity index (χ1v) is 8.91. The van der Waals surface area contributed by atoms with E-state index in [4.69, 9.17) is 5.73 Å². The van der Waals surface area contributed by atoms with Gasteiger partial charge in [0.1, 0.15) is 9.88 Å². The van der Waals surface area contributed by atoms with E-state index in [1.807, 2.05) is 24.4 Å². The number of thiazole rings is 1. The van der Waals surface area contributed by atoms with Gasteiger partial charge < -0.3 is 11.1 Å². The molecule has 2 aromatic rings. The molecule has 0 aliphatic heterocycles. The van der Waals surface area contributed by atoms with Gasteiger partial charge in [0.05, 0.1) is 10.6 Å². The third kappa shape index (κ3) is 4.90. The predicted molar refractivity (Wildman–Crippen MR) is 102 cm³/mol. The molecule has 0 unspecified atom stereocenters. The van der Waals surface area contributed by atoms with Crippen LogP contribution in [-0.2, 0) is 0 Å². The van der Waals surface area contributed by atoms with Crippen molar-refractivity contribution in [3.8, 4) is 9.88 Å². The van der Waals surface area contributed by atoms with Gasteiger partial charge >= 0.3 is 0 Å². The quantitative estimate of drug-likeness (QED) is 0.826. The number of hydrogen-bond donors (Lipinski definition) is 2. The minimum absolute atomic E-state index is 0. The molecule has 0 spiro atoms. The molecule has 3 rings (SSSR count). The molecular formula is C15H21Cl2N3OS2. The number of rotatable bonds is 3. The first-order valence-electron chi connectivity index (χ1n) is 7.21. The number of nitrogens with two attached hydrogens (primary N) is 1. The van der Waals surface area contributed by atoms with Gasteiger partial charge in [-0.05, 0) is 44.1 Å². The van der Waals surface area contributed by atoms with Crippen molar-refractivity contribution in [3.05, 3.63) is 28.1 Å². The molecule has 0 bridgehead atoms. The highest BCUT2D eigenvalue weighted by Gasteiger charge is 2.23. The maximum atomic E-state index is 12.4. The maximum Gasteiger partial charge on any atom is 0.263 e. The monoisotopic (exact) mass is 393 g/mol. The standard InChI is InChI=1S/C15H19N3OS2.2ClH/c1-9-13(21-15(17-9)12-3-2-8-20-12)14(19)18-11-6-4-10(16)5-7-11;;/h2-3,8,10-11H,4-7,16H2,1H3,(H,18,19);2*1H. The summed E-state index contributed by atoms with van der Waals surface area (Å²) in [6, 6.07) is 4.59. The lowest BCUT2D eigenvalue weighted by Crippen LogP contribution is -2.40. The third-order valence-electron chi connectivity index (χ3n) is 3.84. The molecule has 0 saturated heterocycles. The molecule has 4 nitrogen and oxygen atoms in total. The van der Waals surface area contributed by atoms with Crippen molar-refractivity contribution >= 4 is 53.4 Å². The molecule has 3 N–H and O–H groups in total. The Morgan fingerprint density at radius 1 is 1.30 bits per heavy atom. The summed E-state index contributed by atoms with van der Waals surface area (Å²) in [5.41, 5.74) is 6.71. The number of aromatic nitrogens is 1. The third-order valence-corrected chi connectivity index (χ3v) is 6.04. The Hall–Kier alpha value is -0.660. The molecule has 0 aromatic carbocycles. The van der Waals surface area contributed by atoms with Gasteiger partial charge in [-0.25, -0.2) is 4.98 Å². The summed E-state index contributed by atoms with van der Waals surface area (Å²) in [6.45, 7) is 1.90. The number of halogens is 2. The van der Waals surface area contributed by atoms with Crippen LogP contribution >= 0.6 is 47.5 Å². The van der Waals surface area contributed by atoms with E-state index in [1.165, 1.54) is 11.3 Å². The van der Waals surface area contributed by atoms with E-state index in [0.29, 0.717) is 6.04 Å². The highest BCUT2D eigenvalue weighted by Crippen LogP contribution is 2.31. The number of nitrogens with one attached hydrogen (secondary N) is 1. The molecule has 1 aliphatic rings. The number of hydrogen-bond acceptors (Lipinski definition) is 5. The van der Waals surface area contributed by atoms with Crippen molar-refractivity contribution in [2.75, 3.05) is 0 Å². The molecule has 0 atom stereocenters. The predicted octanol–water partition coefficient (Wildman–Crippen LogP) is 4.02. The molecule has 0 radical (unpaired) electrons. The van der Waals surface area contributed by atoms with Crippen molar-refractivity contribution in [2.45, 2.75) is 44.7 Å². The van der Waals surface area contributed by atoms with Crippen molar-refractivity contribution in [3.63, 3.8) is 0 Å². The summed E-state index contributed by atoms with van der Waals surface area (Å²) in [4.78, 5) is 18.8. The fourth-order valence-corrected chi connectivity index (χ4v) is 4.39. The van der Waals surface area contributed by atoms with Crippen molar-refractivity contribution in [1.29, 1.82) is 0 Å². The smallest absolute Gasteiger partial charge is 0.263 e. The molecule has 1 amide bonds. The van der Waals surface area contributed by atoms with Crippen LogP contribution in [0.2, 0.25) is 0 Å². The zero-order chi connectivity index (χ0) is 14.8. The summed E-state index contributed by atoms with van der Waals surface area (Å²) >= 11 is 3.13. The lowest BCUT2D eigenvalue weighted by molar-refractivity contribution is 0.0929. The molecule has 1 fully saturated rings. The number of carbonyl (C=O) groups is 1. The molecule has 2 aromatic heterocycles. The van der Waals surface area contributed by atoms with Crippen LogP contribution in [0, 0.1) is 6.92 Å². The van der Waals surface area contributed by atoms with Crippen LogP contribution in [0.3, 0.4) is 0 Å². The van der Waals surface area contributed by atoms with Crippen LogP contribution in [0.1, 0.15) is 41.0 Å². The minimum Gasteiger partial charge on any atom is -0.349 e. The van der Waals surface area contributed by atoms with Gasteiger partial charge in [0, 0.05) is 12.1 Å². The van der Waals surface area contributed by atoms with E-state index < -0.39 is 0 Å². The van der Waals surface area contributed by atoms with Crippen molar-refractivity contribution < 1.29 is 4.79 Å². The van der Waals surface area contributed by atoms with Gasteiger partial charge in [0.15, 0.2) is 0 Å². The summed E-state index contributed by atoms with van der Waals surface area (Å²) in [5, 5.41) is 6.09. The molecule has 23 heavy (non-hydrogen) atoms. The van der Waals surface area contributed by atoms with Gasteiger partial charge in [-0.3, -0.25) is 4.79 Å². The fourth-order valence-electron chi connectivity index (χ4n) is 2.63. The topological polar surface area (TPSA) is 68.0 Å². The first kappa shape index (κ1) is 20.4. The Morgan fingerprint density at radius 3 is 2.61 bits per heavy atom. The SMILES string of the molecule is Cc1nc(-c2cccs2)sc1C(=O)NC1CCC(N)CC1.Cl.Cl. The summed E-state index contributed by atoms with van der Waals surface area (Å²) in [7, 11) is 0. The number of carbonyl (C=O) groups excluding carboxylic acids is 1. The van der Waals surface area contributed by atoms with E-state index in [9.17, 15) is 4.79 Å². The fraction of sp³-hybridized carbons (Fsp3) is 0.467. The van der Waals surface area contributed by atoms with Crippen LogP contribution < -0.4 is 11.1 Å². The second-order valence-corrected chi connectivity index (χ2v) is 7.44. The van der Waals surface area contributed by atoms with Crippen LogP contribution in [0.5, 0.6) is 0 Å². The lowest BCUT2D eigenvalue weighted by atomic mass is 9.92. The normalized spacial score (nSPS) is 20.3. The van der Waals surface area contributed by atoms with Crippen LogP contribution in [0.4, 0.5) is 0 Å². The van der Waals surface area contributed by atoms with Crippen molar-refractivity contribution in [1.82, 2.24) is 10.3 Å². The Morgan fingerprint density at radius 2 is 2.00 bits per heavy atom. The largest absolute Gasteiger partial charge is 0.349 e. The summed E-state index contributed by atoms with van der Waals surface area (Å²) < 4.78 is 0. The molecule has 2 heterocycles. The van der Waals surface area contributed by atoms with Gasteiger partial charge in [0.2, 0.25) is 0 Å². The number of nitrogens with zero attached hydrogens (tertiary/aromatic N) is 1. The zero-order valence-corrected chi connectivity index (χ0v) is 16.0. The minimum atomic E-state index is 0. The van der Waals surface area contributed by atoms with E-state index in [-0.39, 0.29) is 36.8 Å².